The lowest BCUT2D eigenvalue weighted by atomic mass is 9.93. The number of carbonyl (C=O) groups excluding carboxylic acids is 1. The molecule has 0 saturated carbocycles. The summed E-state index contributed by atoms with van der Waals surface area (Å²) in [4.78, 5) is 24.2. The molecule has 0 aliphatic carbocycles. The lowest BCUT2D eigenvalue weighted by Crippen LogP contribution is -2.41. The van der Waals surface area contributed by atoms with E-state index in [2.05, 4.69) is 69.9 Å². The number of ether oxygens (including phenoxy) is 1. The van der Waals surface area contributed by atoms with Crippen molar-refractivity contribution in [1.29, 1.82) is 0 Å². The number of carbonyl (C=O) groups is 1. The Balaban J connectivity index is 1.28. The minimum Gasteiger partial charge on any atom is -0.406 e. The molecule has 0 bridgehead atoms. The van der Waals surface area contributed by atoms with Crippen molar-refractivity contribution in [2.75, 3.05) is 10.7 Å². The van der Waals surface area contributed by atoms with Gasteiger partial charge in [0.1, 0.15) is 12.1 Å². The Bertz CT molecular complexity index is 1680. The third-order valence-electron chi connectivity index (χ3n) is 7.28. The van der Waals surface area contributed by atoms with E-state index in [4.69, 9.17) is 0 Å². The van der Waals surface area contributed by atoms with Crippen molar-refractivity contribution in [2.45, 2.75) is 59.5 Å². The maximum atomic E-state index is 13.2. The molecule has 3 aromatic carbocycles. The molecule has 1 aromatic heterocycles. The van der Waals surface area contributed by atoms with E-state index in [1.54, 1.807) is 11.8 Å². The number of amides is 2. The summed E-state index contributed by atoms with van der Waals surface area (Å²) in [6.07, 6.45) is -3.27. The SMILES string of the molecule is Cc1cc(C)c(N2/C(=N/C(=O)NC(C)(C)c3ccc(-c4ncn(-c5ccc(OC(F)(F)F)cc5)n4)cc3)SCC2C)c(C)c1. The summed E-state index contributed by atoms with van der Waals surface area (Å²) in [5, 5.41) is 8.18. The molecule has 0 radical (unpaired) electrons. The zero-order valence-corrected chi connectivity index (χ0v) is 26.0. The van der Waals surface area contributed by atoms with Crippen LogP contribution in [-0.4, -0.2) is 44.1 Å². The third-order valence-corrected chi connectivity index (χ3v) is 8.48. The van der Waals surface area contributed by atoms with Gasteiger partial charge in [0.15, 0.2) is 11.0 Å². The second kappa shape index (κ2) is 12.0. The Morgan fingerprint density at radius 1 is 1.02 bits per heavy atom. The standard InChI is InChI=1S/C32H33F3N6O2S/c1-19-15-20(2)27(21(3)16-19)41-22(4)17-44-30(41)37-29(42)38-31(5,6)24-9-7-23(8-10-24)28-36-18-40(39-28)25-11-13-26(14-12-25)43-32(33,34)35/h7-16,18,22H,17H2,1-6H3,(H,38,42)/b37-30-. The fourth-order valence-electron chi connectivity index (χ4n) is 5.29. The van der Waals surface area contributed by atoms with E-state index in [1.165, 1.54) is 40.8 Å². The van der Waals surface area contributed by atoms with Gasteiger partial charge < -0.3 is 15.0 Å². The number of urea groups is 1. The van der Waals surface area contributed by atoms with Crippen LogP contribution in [0.25, 0.3) is 17.1 Å². The summed E-state index contributed by atoms with van der Waals surface area (Å²) in [5.41, 5.74) is 6.01. The fourth-order valence-corrected chi connectivity index (χ4v) is 6.39. The summed E-state index contributed by atoms with van der Waals surface area (Å²) in [7, 11) is 0. The molecule has 1 aliphatic rings. The molecular formula is C32H33F3N6O2S. The van der Waals surface area contributed by atoms with Gasteiger partial charge in [-0.15, -0.1) is 18.3 Å². The van der Waals surface area contributed by atoms with Gasteiger partial charge >= 0.3 is 12.4 Å². The minimum atomic E-state index is -4.76. The zero-order valence-electron chi connectivity index (χ0n) is 25.2. The van der Waals surface area contributed by atoms with E-state index in [1.807, 2.05) is 38.1 Å². The molecule has 1 fully saturated rings. The first-order valence-electron chi connectivity index (χ1n) is 14.0. The molecule has 1 saturated heterocycles. The Morgan fingerprint density at radius 3 is 2.27 bits per heavy atom. The highest BCUT2D eigenvalue weighted by atomic mass is 32.2. The number of alkyl halides is 3. The average Bonchev–Trinajstić information content (AvgIpc) is 3.55. The van der Waals surface area contributed by atoms with Crippen LogP contribution in [0.3, 0.4) is 0 Å². The number of aliphatic imine (C=N–C) groups is 1. The van der Waals surface area contributed by atoms with Crippen molar-refractivity contribution in [3.8, 4) is 22.8 Å². The first kappa shape index (κ1) is 31.1. The molecule has 5 rings (SSSR count). The van der Waals surface area contributed by atoms with Crippen LogP contribution in [0.15, 0.2) is 72.0 Å². The van der Waals surface area contributed by atoms with Crippen LogP contribution >= 0.6 is 11.8 Å². The number of amidine groups is 1. The summed E-state index contributed by atoms with van der Waals surface area (Å²) in [5.74, 6) is 0.962. The minimum absolute atomic E-state index is 0.201. The van der Waals surface area contributed by atoms with Gasteiger partial charge in [-0.2, -0.15) is 4.99 Å². The van der Waals surface area contributed by atoms with Crippen molar-refractivity contribution in [1.82, 2.24) is 20.1 Å². The van der Waals surface area contributed by atoms with Crippen LogP contribution in [0, 0.1) is 20.8 Å². The number of halogens is 3. The summed E-state index contributed by atoms with van der Waals surface area (Å²) >= 11 is 1.58. The van der Waals surface area contributed by atoms with Crippen molar-refractivity contribution < 1.29 is 22.7 Å². The summed E-state index contributed by atoms with van der Waals surface area (Å²) in [6.45, 7) is 12.2. The van der Waals surface area contributed by atoms with Gasteiger partial charge in [0.25, 0.3) is 0 Å². The Kier molecular flexibility index (Phi) is 8.48. The van der Waals surface area contributed by atoms with Crippen LogP contribution in [-0.2, 0) is 5.54 Å². The molecule has 1 aliphatic heterocycles. The molecule has 1 N–H and O–H groups in total. The Labute approximate surface area is 258 Å². The lowest BCUT2D eigenvalue weighted by Gasteiger charge is -2.28. The van der Waals surface area contributed by atoms with E-state index in [0.717, 1.165) is 33.7 Å². The molecule has 12 heteroatoms. The number of anilines is 1. The van der Waals surface area contributed by atoms with Crippen LogP contribution in [0.4, 0.5) is 23.7 Å². The van der Waals surface area contributed by atoms with Crippen LogP contribution < -0.4 is 15.0 Å². The molecule has 0 spiro atoms. The number of rotatable bonds is 6. The van der Waals surface area contributed by atoms with Gasteiger partial charge in [-0.1, -0.05) is 53.7 Å². The zero-order chi connectivity index (χ0) is 31.8. The van der Waals surface area contributed by atoms with Gasteiger partial charge in [0, 0.05) is 23.0 Å². The predicted molar refractivity (Wildman–Crippen MR) is 168 cm³/mol. The highest BCUT2D eigenvalue weighted by Gasteiger charge is 2.32. The number of benzene rings is 3. The van der Waals surface area contributed by atoms with Gasteiger partial charge in [-0.3, -0.25) is 0 Å². The van der Waals surface area contributed by atoms with E-state index < -0.39 is 17.9 Å². The average molecular weight is 623 g/mol. The van der Waals surface area contributed by atoms with E-state index in [9.17, 15) is 18.0 Å². The molecule has 1 unspecified atom stereocenters. The Morgan fingerprint density at radius 2 is 1.66 bits per heavy atom. The van der Waals surface area contributed by atoms with Crippen molar-refractivity contribution in [2.24, 2.45) is 4.99 Å². The molecule has 8 nitrogen and oxygen atoms in total. The molecule has 44 heavy (non-hydrogen) atoms. The highest BCUT2D eigenvalue weighted by Crippen LogP contribution is 2.35. The molecule has 230 valence electrons. The van der Waals surface area contributed by atoms with E-state index in [0.29, 0.717) is 16.7 Å². The summed E-state index contributed by atoms with van der Waals surface area (Å²) < 4.78 is 42.7. The number of hydrogen-bond acceptors (Lipinski definition) is 5. The normalized spacial score (nSPS) is 16.4. The quantitative estimate of drug-likeness (QED) is 0.237. The largest absolute Gasteiger partial charge is 0.573 e. The number of aromatic nitrogens is 3. The van der Waals surface area contributed by atoms with Crippen molar-refractivity contribution in [3.05, 3.63) is 89.2 Å². The second-order valence-electron chi connectivity index (χ2n) is 11.4. The van der Waals surface area contributed by atoms with E-state index >= 15 is 0 Å². The number of nitrogens with zero attached hydrogens (tertiary/aromatic N) is 5. The van der Waals surface area contributed by atoms with Gasteiger partial charge in [-0.25, -0.2) is 14.5 Å². The van der Waals surface area contributed by atoms with Crippen LogP contribution in [0.1, 0.15) is 43.0 Å². The molecule has 2 amide bonds. The van der Waals surface area contributed by atoms with Gasteiger partial charge in [0.05, 0.1) is 11.2 Å². The molecule has 2 heterocycles. The number of thioether (sulfide) groups is 1. The second-order valence-corrected chi connectivity index (χ2v) is 12.3. The third kappa shape index (κ3) is 6.91. The summed E-state index contributed by atoms with van der Waals surface area (Å²) in [6, 6.07) is 16.9. The molecule has 1 atom stereocenters. The van der Waals surface area contributed by atoms with Gasteiger partial charge in [-0.05, 0) is 82.5 Å². The Hall–Kier alpha value is -4.32. The number of hydrogen-bond donors (Lipinski definition) is 1. The van der Waals surface area contributed by atoms with E-state index in [-0.39, 0.29) is 11.8 Å². The topological polar surface area (TPSA) is 84.6 Å². The molecule has 4 aromatic rings. The van der Waals surface area contributed by atoms with Crippen molar-refractivity contribution in [3.63, 3.8) is 0 Å². The fraction of sp³-hybridized carbons (Fsp3) is 0.312. The monoisotopic (exact) mass is 622 g/mol. The maximum Gasteiger partial charge on any atom is 0.573 e. The van der Waals surface area contributed by atoms with Crippen molar-refractivity contribution >= 4 is 28.6 Å². The lowest BCUT2D eigenvalue weighted by molar-refractivity contribution is -0.274. The van der Waals surface area contributed by atoms with Crippen LogP contribution in [0.5, 0.6) is 5.75 Å². The van der Waals surface area contributed by atoms with Gasteiger partial charge in [0.2, 0.25) is 0 Å². The first-order valence-corrected chi connectivity index (χ1v) is 15.0. The first-order chi connectivity index (χ1) is 20.7. The number of nitrogens with one attached hydrogen (secondary N) is 1. The number of aryl methyl sites for hydroxylation is 3. The molecular weight excluding hydrogens is 589 g/mol. The maximum absolute atomic E-state index is 13.2. The predicted octanol–water partition coefficient (Wildman–Crippen LogP) is 7.70. The smallest absolute Gasteiger partial charge is 0.406 e. The highest BCUT2D eigenvalue weighted by molar-refractivity contribution is 8.14. The van der Waals surface area contributed by atoms with Crippen LogP contribution in [0.2, 0.25) is 0 Å².